The molecule has 52 heavy (non-hydrogen) atoms. The normalized spacial score (nSPS) is 14.7. The standard InChI is InChI=1S/C15H8F5N.C13H17BF2O2.C9H6F3N/c1-8-3-9(6-13(16)14(8)17)10-4-11(15(18,19)20)7-12(5-10)21-2;1-8-6-9(7-10(15)11(8)16)14-17-12(2,3)13(4,5)18-14;1-6-3-7(9(10,11)12)5-8(4-6)13-2/h3-7H,1H3;6-7H,1-5H3;3-5H,1H3. The van der Waals surface area contributed by atoms with Gasteiger partial charge in [-0.15, -0.1) is 0 Å². The first kappa shape index (κ1) is 41.6. The fraction of sp³-hybridized carbons (Fsp3) is 0.297. The summed E-state index contributed by atoms with van der Waals surface area (Å²) in [7, 11) is -0.663. The second-order valence-corrected chi connectivity index (χ2v) is 12.9. The smallest absolute Gasteiger partial charge is 0.399 e. The zero-order valence-electron chi connectivity index (χ0n) is 28.8. The van der Waals surface area contributed by atoms with Gasteiger partial charge in [0, 0.05) is 11.1 Å². The highest BCUT2D eigenvalue weighted by Gasteiger charge is 2.52. The van der Waals surface area contributed by atoms with Gasteiger partial charge in [-0.3, -0.25) is 0 Å². The molecule has 4 nitrogen and oxygen atoms in total. The van der Waals surface area contributed by atoms with Gasteiger partial charge in [0.25, 0.3) is 0 Å². The third-order valence-electron chi connectivity index (χ3n) is 8.19. The highest BCUT2D eigenvalue weighted by molar-refractivity contribution is 6.62. The van der Waals surface area contributed by atoms with Crippen molar-refractivity contribution in [3.05, 3.63) is 135 Å². The zero-order valence-corrected chi connectivity index (χ0v) is 28.8. The van der Waals surface area contributed by atoms with E-state index in [0.29, 0.717) is 17.1 Å². The van der Waals surface area contributed by atoms with E-state index in [9.17, 15) is 43.9 Å². The van der Waals surface area contributed by atoms with E-state index in [1.165, 1.54) is 39.0 Å². The molecule has 1 aliphatic heterocycles. The Morgan fingerprint density at radius 2 is 0.981 bits per heavy atom. The molecule has 4 aromatic rings. The van der Waals surface area contributed by atoms with Gasteiger partial charge < -0.3 is 9.31 Å². The van der Waals surface area contributed by atoms with E-state index in [-0.39, 0.29) is 33.6 Å². The summed E-state index contributed by atoms with van der Waals surface area (Å²) in [6.07, 6.45) is -8.99. The number of hydrogen-bond acceptors (Lipinski definition) is 2. The van der Waals surface area contributed by atoms with Gasteiger partial charge >= 0.3 is 19.5 Å². The van der Waals surface area contributed by atoms with Gasteiger partial charge in [0.1, 0.15) is 0 Å². The number of halogens is 10. The van der Waals surface area contributed by atoms with Crippen molar-refractivity contribution >= 4 is 24.0 Å². The molecule has 0 unspecified atom stereocenters. The van der Waals surface area contributed by atoms with E-state index < -0.39 is 65.1 Å². The van der Waals surface area contributed by atoms with Crippen LogP contribution in [-0.4, -0.2) is 18.3 Å². The van der Waals surface area contributed by atoms with Gasteiger partial charge in [-0.05, 0) is 125 Å². The maximum Gasteiger partial charge on any atom is 0.494 e. The highest BCUT2D eigenvalue weighted by Crippen LogP contribution is 2.38. The molecule has 1 aliphatic rings. The van der Waals surface area contributed by atoms with Gasteiger partial charge in [0.05, 0.1) is 24.3 Å². The second-order valence-electron chi connectivity index (χ2n) is 12.9. The lowest BCUT2D eigenvalue weighted by atomic mass is 9.78. The number of aryl methyl sites for hydroxylation is 3. The second kappa shape index (κ2) is 15.4. The molecule has 4 aromatic carbocycles. The Morgan fingerprint density at radius 3 is 1.42 bits per heavy atom. The quantitative estimate of drug-likeness (QED) is 0.116. The molecule has 15 heteroatoms. The molecule has 5 rings (SSSR count). The van der Waals surface area contributed by atoms with E-state index >= 15 is 0 Å². The molecule has 0 atom stereocenters. The molecule has 0 radical (unpaired) electrons. The first-order chi connectivity index (χ1) is 23.8. The van der Waals surface area contributed by atoms with Gasteiger partial charge in [-0.2, -0.15) is 26.3 Å². The average Bonchev–Trinajstić information content (AvgIpc) is 3.27. The van der Waals surface area contributed by atoms with Gasteiger partial charge in [0.15, 0.2) is 34.6 Å². The summed E-state index contributed by atoms with van der Waals surface area (Å²) in [4.78, 5) is 5.93. The first-order valence-corrected chi connectivity index (χ1v) is 15.2. The van der Waals surface area contributed by atoms with Crippen LogP contribution in [0.2, 0.25) is 0 Å². The van der Waals surface area contributed by atoms with Crippen molar-refractivity contribution < 1.29 is 53.2 Å². The molecule has 274 valence electrons. The minimum Gasteiger partial charge on any atom is -0.399 e. The van der Waals surface area contributed by atoms with E-state index in [0.717, 1.165) is 30.3 Å². The predicted molar refractivity (Wildman–Crippen MR) is 177 cm³/mol. The molecule has 1 heterocycles. The van der Waals surface area contributed by atoms with Crippen LogP contribution >= 0.6 is 0 Å². The summed E-state index contributed by atoms with van der Waals surface area (Å²) >= 11 is 0. The Bertz CT molecular complexity index is 1980. The van der Waals surface area contributed by atoms with Crippen LogP contribution < -0.4 is 5.46 Å². The van der Waals surface area contributed by atoms with Crippen molar-refractivity contribution in [1.29, 1.82) is 0 Å². The molecule has 0 aromatic heterocycles. The highest BCUT2D eigenvalue weighted by atomic mass is 19.4. The van der Waals surface area contributed by atoms with Crippen LogP contribution in [0.4, 0.5) is 55.3 Å². The van der Waals surface area contributed by atoms with Crippen LogP contribution in [0, 0.1) is 57.2 Å². The fourth-order valence-electron chi connectivity index (χ4n) is 4.76. The van der Waals surface area contributed by atoms with Crippen LogP contribution in [0.1, 0.15) is 55.5 Å². The summed E-state index contributed by atoms with van der Waals surface area (Å²) in [5, 5.41) is 0. The molecule has 0 aliphatic carbocycles. The van der Waals surface area contributed by atoms with Crippen molar-refractivity contribution in [3.8, 4) is 11.1 Å². The number of nitrogens with zero attached hydrogens (tertiary/aromatic N) is 2. The third kappa shape index (κ3) is 9.93. The molecule has 0 spiro atoms. The number of benzene rings is 4. The summed E-state index contributed by atoms with van der Waals surface area (Å²) in [5.74, 6) is -3.89. The minimum atomic E-state index is -4.62. The molecule has 0 N–H and O–H groups in total. The molecule has 1 saturated heterocycles. The Balaban J connectivity index is 0.000000216. The van der Waals surface area contributed by atoms with E-state index in [1.807, 2.05) is 27.7 Å². The number of rotatable bonds is 2. The summed E-state index contributed by atoms with van der Waals surface area (Å²) < 4.78 is 140. The number of hydrogen-bond donors (Lipinski definition) is 0. The first-order valence-electron chi connectivity index (χ1n) is 15.2. The summed E-state index contributed by atoms with van der Waals surface area (Å²) in [6.45, 7) is 25.5. The lowest BCUT2D eigenvalue weighted by molar-refractivity contribution is -0.138. The Labute approximate surface area is 294 Å². The van der Waals surface area contributed by atoms with E-state index in [4.69, 9.17) is 22.5 Å². The van der Waals surface area contributed by atoms with Gasteiger partial charge in [-0.1, -0.05) is 17.7 Å². The van der Waals surface area contributed by atoms with Crippen LogP contribution in [0.3, 0.4) is 0 Å². The predicted octanol–water partition coefficient (Wildman–Crippen LogP) is 11.6. The lowest BCUT2D eigenvalue weighted by Gasteiger charge is -2.32. The summed E-state index contributed by atoms with van der Waals surface area (Å²) in [6, 6.07) is 10.7. The van der Waals surface area contributed by atoms with Crippen molar-refractivity contribution in [1.82, 2.24) is 0 Å². The van der Waals surface area contributed by atoms with Crippen LogP contribution in [0.15, 0.2) is 60.7 Å². The van der Waals surface area contributed by atoms with Crippen molar-refractivity contribution in [2.75, 3.05) is 0 Å². The SMILES string of the molecule is Cc1cc(B2OC(C)(C)C(C)(C)O2)cc(F)c1F.[C-]#[N+]c1cc(-c2cc(C)c(F)c(F)c2)cc(C(F)(F)F)c1.[C-]#[N+]c1cc(C)cc(C(F)(F)F)c1. The molecular weight excluding hydrogens is 705 g/mol. The van der Waals surface area contributed by atoms with E-state index in [2.05, 4.69) is 9.69 Å². The third-order valence-corrected chi connectivity index (χ3v) is 8.19. The topological polar surface area (TPSA) is 27.2 Å². The molecule has 0 saturated carbocycles. The monoisotopic (exact) mass is 736 g/mol. The molecular formula is C37H31BF10N2O2. The number of alkyl halides is 6. The Hall–Kier alpha value is -4.86. The fourth-order valence-corrected chi connectivity index (χ4v) is 4.76. The molecule has 0 amide bonds. The van der Waals surface area contributed by atoms with Crippen LogP contribution in [0.5, 0.6) is 0 Å². The largest absolute Gasteiger partial charge is 0.494 e. The molecule has 0 bridgehead atoms. The van der Waals surface area contributed by atoms with Gasteiger partial charge in [0.2, 0.25) is 0 Å². The lowest BCUT2D eigenvalue weighted by Crippen LogP contribution is -2.41. The summed E-state index contributed by atoms with van der Waals surface area (Å²) in [5.41, 5.74) is -1.67. The maximum atomic E-state index is 13.4. The maximum absolute atomic E-state index is 13.4. The zero-order chi connectivity index (χ0) is 39.6. The molecule has 1 fully saturated rings. The van der Waals surface area contributed by atoms with E-state index in [1.54, 1.807) is 6.07 Å². The Kier molecular flexibility index (Phi) is 12.3. The van der Waals surface area contributed by atoms with Crippen LogP contribution in [-0.2, 0) is 21.7 Å². The van der Waals surface area contributed by atoms with Crippen molar-refractivity contribution in [3.63, 3.8) is 0 Å². The van der Waals surface area contributed by atoms with Gasteiger partial charge in [-0.25, -0.2) is 27.3 Å². The average molecular weight is 736 g/mol. The van der Waals surface area contributed by atoms with Crippen LogP contribution in [0.25, 0.3) is 20.8 Å². The van der Waals surface area contributed by atoms with Crippen molar-refractivity contribution in [2.24, 2.45) is 0 Å². The minimum absolute atomic E-state index is 0.0119. The van der Waals surface area contributed by atoms with Crippen molar-refractivity contribution in [2.45, 2.75) is 72.0 Å². The Morgan fingerprint density at radius 1 is 0.558 bits per heavy atom.